The predicted molar refractivity (Wildman–Crippen MR) is 94.0 cm³/mol. The molecule has 0 saturated carbocycles. The highest BCUT2D eigenvalue weighted by atomic mass is 32.2. The van der Waals surface area contributed by atoms with E-state index >= 15 is 0 Å². The summed E-state index contributed by atoms with van der Waals surface area (Å²) in [5.74, 6) is 0.992. The van der Waals surface area contributed by atoms with Crippen LogP contribution in [0.15, 0.2) is 46.1 Å². The lowest BCUT2D eigenvalue weighted by Crippen LogP contribution is -2.24. The van der Waals surface area contributed by atoms with Crippen LogP contribution in [0.4, 0.5) is 0 Å². The molecule has 0 atom stereocenters. The Morgan fingerprint density at radius 1 is 1.15 bits per heavy atom. The molecule has 0 unspecified atom stereocenters. The molecular weight excluding hydrogens is 356 g/mol. The van der Waals surface area contributed by atoms with E-state index in [4.69, 9.17) is 9.26 Å². The van der Waals surface area contributed by atoms with Crippen LogP contribution < -0.4 is 9.46 Å². The summed E-state index contributed by atoms with van der Waals surface area (Å²) in [6.07, 6.45) is 1.40. The first-order valence-corrected chi connectivity index (χ1v) is 9.27. The van der Waals surface area contributed by atoms with Crippen LogP contribution in [0.1, 0.15) is 17.1 Å². The van der Waals surface area contributed by atoms with Crippen molar-refractivity contribution in [2.75, 3.05) is 7.11 Å². The number of benzene rings is 1. The molecule has 0 saturated heterocycles. The average Bonchev–Trinajstić information content (AvgIpc) is 2.99. The van der Waals surface area contributed by atoms with Gasteiger partial charge in [-0.1, -0.05) is 5.16 Å². The molecule has 0 aliphatic rings. The summed E-state index contributed by atoms with van der Waals surface area (Å²) in [6, 6.07) is 9.14. The number of hydrogen-bond donors (Lipinski definition) is 1. The van der Waals surface area contributed by atoms with Crippen LogP contribution in [0, 0.1) is 13.8 Å². The third-order valence-electron chi connectivity index (χ3n) is 3.79. The lowest BCUT2D eigenvalue weighted by atomic mass is 10.1. The summed E-state index contributed by atoms with van der Waals surface area (Å²) in [5.41, 5.74) is 2.43. The topological polar surface area (TPSA) is 107 Å². The largest absolute Gasteiger partial charge is 0.497 e. The first kappa shape index (κ1) is 18.0. The Morgan fingerprint density at radius 3 is 2.50 bits per heavy atom. The molecule has 2 aromatic heterocycles. The second-order valence-electron chi connectivity index (χ2n) is 5.60. The van der Waals surface area contributed by atoms with E-state index < -0.39 is 10.0 Å². The summed E-state index contributed by atoms with van der Waals surface area (Å²) in [7, 11) is -2.15. The molecule has 0 aliphatic heterocycles. The molecule has 0 amide bonds. The van der Waals surface area contributed by atoms with Gasteiger partial charge in [0.1, 0.15) is 22.7 Å². The van der Waals surface area contributed by atoms with Crippen molar-refractivity contribution < 1.29 is 17.7 Å². The van der Waals surface area contributed by atoms with E-state index in [-0.39, 0.29) is 17.2 Å². The van der Waals surface area contributed by atoms with Gasteiger partial charge in [0.2, 0.25) is 10.0 Å². The highest BCUT2D eigenvalue weighted by Crippen LogP contribution is 2.21. The smallest absolute Gasteiger partial charge is 0.246 e. The third kappa shape index (κ3) is 3.73. The van der Waals surface area contributed by atoms with Gasteiger partial charge in [-0.25, -0.2) is 23.1 Å². The van der Waals surface area contributed by atoms with Crippen LogP contribution in [-0.2, 0) is 16.6 Å². The summed E-state index contributed by atoms with van der Waals surface area (Å²) < 4.78 is 37.5. The molecule has 1 aromatic carbocycles. The lowest BCUT2D eigenvalue weighted by Gasteiger charge is -2.07. The van der Waals surface area contributed by atoms with E-state index in [2.05, 4.69) is 19.8 Å². The van der Waals surface area contributed by atoms with Crippen molar-refractivity contribution in [2.45, 2.75) is 25.3 Å². The van der Waals surface area contributed by atoms with Crippen molar-refractivity contribution >= 4 is 10.0 Å². The molecule has 0 bridgehead atoms. The van der Waals surface area contributed by atoms with Crippen LogP contribution >= 0.6 is 0 Å². The molecule has 2 heterocycles. The number of ether oxygens (including phenoxy) is 1. The number of aryl methyl sites for hydroxylation is 2. The van der Waals surface area contributed by atoms with E-state index in [1.807, 2.05) is 24.3 Å². The number of methoxy groups -OCH3 is 1. The lowest BCUT2D eigenvalue weighted by molar-refractivity contribution is 0.390. The minimum Gasteiger partial charge on any atom is -0.497 e. The van der Waals surface area contributed by atoms with Crippen molar-refractivity contribution in [1.82, 2.24) is 19.8 Å². The molecule has 0 radical (unpaired) electrons. The molecule has 0 aliphatic carbocycles. The molecular formula is C17H18N4O4S. The van der Waals surface area contributed by atoms with E-state index in [0.717, 1.165) is 11.3 Å². The first-order valence-electron chi connectivity index (χ1n) is 7.78. The zero-order chi connectivity index (χ0) is 18.7. The van der Waals surface area contributed by atoms with Crippen LogP contribution in [0.3, 0.4) is 0 Å². The third-order valence-corrected chi connectivity index (χ3v) is 5.43. The molecule has 136 valence electrons. The normalized spacial score (nSPS) is 11.5. The Bertz CT molecular complexity index is 994. The molecule has 8 nitrogen and oxygen atoms in total. The van der Waals surface area contributed by atoms with Crippen LogP contribution in [-0.4, -0.2) is 30.7 Å². The quantitative estimate of drug-likeness (QED) is 0.705. The van der Waals surface area contributed by atoms with Gasteiger partial charge >= 0.3 is 0 Å². The molecule has 0 spiro atoms. The standard InChI is InChI=1S/C17H18N4O4S/c1-11-17(12(2)25-21-11)26(22,23)20-9-14-8-16(19-10-18-14)13-4-6-15(24-3)7-5-13/h4-8,10,20H,9H2,1-3H3. The minimum absolute atomic E-state index is 0.0259. The fraction of sp³-hybridized carbons (Fsp3) is 0.235. The SMILES string of the molecule is COc1ccc(-c2cc(CNS(=O)(=O)c3c(C)noc3C)ncn2)cc1. The van der Waals surface area contributed by atoms with Gasteiger partial charge < -0.3 is 9.26 Å². The number of rotatable bonds is 6. The average molecular weight is 374 g/mol. The maximum absolute atomic E-state index is 12.5. The fourth-order valence-electron chi connectivity index (χ4n) is 2.51. The molecule has 0 fully saturated rings. The Labute approximate surface area is 151 Å². The van der Waals surface area contributed by atoms with Crippen molar-refractivity contribution in [3.05, 3.63) is 53.8 Å². The maximum atomic E-state index is 12.5. The van der Waals surface area contributed by atoms with E-state index in [9.17, 15) is 8.42 Å². The fourth-order valence-corrected chi connectivity index (χ4v) is 3.84. The van der Waals surface area contributed by atoms with E-state index in [1.165, 1.54) is 6.33 Å². The Kier molecular flexibility index (Phi) is 5.01. The van der Waals surface area contributed by atoms with Gasteiger partial charge in [0.15, 0.2) is 5.76 Å². The first-order chi connectivity index (χ1) is 12.4. The van der Waals surface area contributed by atoms with Gasteiger partial charge in [0, 0.05) is 5.56 Å². The van der Waals surface area contributed by atoms with Crippen molar-refractivity contribution in [3.8, 4) is 17.0 Å². The van der Waals surface area contributed by atoms with Gasteiger partial charge in [-0.3, -0.25) is 0 Å². The Balaban J connectivity index is 1.79. The van der Waals surface area contributed by atoms with Crippen LogP contribution in [0.2, 0.25) is 0 Å². The second-order valence-corrected chi connectivity index (χ2v) is 7.30. The van der Waals surface area contributed by atoms with Crippen molar-refractivity contribution in [1.29, 1.82) is 0 Å². The zero-order valence-electron chi connectivity index (χ0n) is 14.6. The predicted octanol–water partition coefficient (Wildman–Crippen LogP) is 2.24. The molecule has 1 N–H and O–H groups in total. The van der Waals surface area contributed by atoms with Crippen LogP contribution in [0.5, 0.6) is 5.75 Å². The number of aromatic nitrogens is 3. The number of nitrogens with one attached hydrogen (secondary N) is 1. The second kappa shape index (κ2) is 7.22. The Hall–Kier alpha value is -2.78. The monoisotopic (exact) mass is 374 g/mol. The maximum Gasteiger partial charge on any atom is 0.246 e. The number of sulfonamides is 1. The highest BCUT2D eigenvalue weighted by Gasteiger charge is 2.24. The van der Waals surface area contributed by atoms with Gasteiger partial charge in [-0.05, 0) is 44.2 Å². The molecule has 3 aromatic rings. The summed E-state index contributed by atoms with van der Waals surface area (Å²) in [6.45, 7) is 3.16. The van der Waals surface area contributed by atoms with Crippen LogP contribution in [0.25, 0.3) is 11.3 Å². The van der Waals surface area contributed by atoms with E-state index in [0.29, 0.717) is 17.1 Å². The van der Waals surface area contributed by atoms with Gasteiger partial charge in [0.05, 0.1) is 25.0 Å². The molecule has 9 heteroatoms. The molecule has 3 rings (SSSR count). The zero-order valence-corrected chi connectivity index (χ0v) is 15.4. The van der Waals surface area contributed by atoms with Gasteiger partial charge in [0.25, 0.3) is 0 Å². The van der Waals surface area contributed by atoms with E-state index in [1.54, 1.807) is 27.0 Å². The summed E-state index contributed by atoms with van der Waals surface area (Å²) >= 11 is 0. The van der Waals surface area contributed by atoms with Crippen molar-refractivity contribution in [3.63, 3.8) is 0 Å². The summed E-state index contributed by atoms with van der Waals surface area (Å²) in [5, 5.41) is 3.68. The number of hydrogen-bond acceptors (Lipinski definition) is 7. The summed E-state index contributed by atoms with van der Waals surface area (Å²) in [4.78, 5) is 8.42. The Morgan fingerprint density at radius 2 is 1.88 bits per heavy atom. The molecule has 26 heavy (non-hydrogen) atoms. The van der Waals surface area contributed by atoms with Gasteiger partial charge in [-0.2, -0.15) is 0 Å². The number of nitrogens with zero attached hydrogens (tertiary/aromatic N) is 3. The highest BCUT2D eigenvalue weighted by molar-refractivity contribution is 7.89. The minimum atomic E-state index is -3.75. The van der Waals surface area contributed by atoms with Crippen molar-refractivity contribution in [2.24, 2.45) is 0 Å². The van der Waals surface area contributed by atoms with Gasteiger partial charge in [-0.15, -0.1) is 0 Å².